The molecule has 0 unspecified atom stereocenters. The van der Waals surface area contributed by atoms with Crippen molar-refractivity contribution in [3.05, 3.63) is 17.3 Å². The van der Waals surface area contributed by atoms with Gasteiger partial charge in [-0.25, -0.2) is 4.98 Å². The van der Waals surface area contributed by atoms with Gasteiger partial charge in [0, 0.05) is 31.7 Å². The zero-order valence-electron chi connectivity index (χ0n) is 10.8. The molecule has 0 fully saturated rings. The van der Waals surface area contributed by atoms with Gasteiger partial charge in [-0.15, -0.1) is 0 Å². The number of ether oxygens (including phenoxy) is 1. The van der Waals surface area contributed by atoms with Crippen LogP contribution in [0.5, 0.6) is 5.88 Å². The van der Waals surface area contributed by atoms with Gasteiger partial charge in [0.25, 0.3) is 0 Å². The lowest BCUT2D eigenvalue weighted by molar-refractivity contribution is 0.398. The molecule has 0 aromatic carbocycles. The summed E-state index contributed by atoms with van der Waals surface area (Å²) >= 11 is 0. The highest BCUT2D eigenvalue weighted by atomic mass is 16.5. The van der Waals surface area contributed by atoms with Gasteiger partial charge in [0.2, 0.25) is 5.88 Å². The molecule has 1 atom stereocenters. The quantitative estimate of drug-likeness (QED) is 0.838. The number of nitrogens with zero attached hydrogens (tertiary/aromatic N) is 1. The first kappa shape index (κ1) is 12.2. The van der Waals surface area contributed by atoms with Crippen molar-refractivity contribution in [2.45, 2.75) is 26.2 Å². The topological polar surface area (TPSA) is 46.2 Å². The first-order valence-electron chi connectivity index (χ1n) is 6.28. The summed E-state index contributed by atoms with van der Waals surface area (Å²) in [6, 6.07) is 2.20. The maximum Gasteiger partial charge on any atom is 0.237 e. The van der Waals surface area contributed by atoms with Crippen LogP contribution in [-0.4, -0.2) is 31.7 Å². The molecule has 4 heteroatoms. The van der Waals surface area contributed by atoms with E-state index in [0.717, 1.165) is 31.7 Å². The Kier molecular flexibility index (Phi) is 3.84. The van der Waals surface area contributed by atoms with E-state index in [9.17, 15) is 0 Å². The van der Waals surface area contributed by atoms with Crippen LogP contribution < -0.4 is 15.4 Å². The number of anilines is 1. The molecule has 94 valence electrons. The highest BCUT2D eigenvalue weighted by molar-refractivity contribution is 5.56. The zero-order valence-corrected chi connectivity index (χ0v) is 10.8. The molecule has 4 nitrogen and oxygen atoms in total. The second-order valence-corrected chi connectivity index (χ2v) is 4.47. The Morgan fingerprint density at radius 2 is 2.41 bits per heavy atom. The molecule has 2 rings (SSSR count). The maximum absolute atomic E-state index is 5.35. The summed E-state index contributed by atoms with van der Waals surface area (Å²) < 4.78 is 5.35. The van der Waals surface area contributed by atoms with Crippen LogP contribution in [0.3, 0.4) is 0 Å². The SMILES string of the molecule is CCNc1cc2c(nc1OC)CCNC[C@@H]2C. The average molecular weight is 235 g/mol. The molecule has 1 aromatic rings. The number of nitrogens with one attached hydrogen (secondary N) is 2. The maximum atomic E-state index is 5.35. The van der Waals surface area contributed by atoms with E-state index in [2.05, 4.69) is 35.5 Å². The summed E-state index contributed by atoms with van der Waals surface area (Å²) in [6.07, 6.45) is 0.975. The Morgan fingerprint density at radius 1 is 1.59 bits per heavy atom. The Morgan fingerprint density at radius 3 is 3.12 bits per heavy atom. The van der Waals surface area contributed by atoms with E-state index in [-0.39, 0.29) is 0 Å². The molecule has 17 heavy (non-hydrogen) atoms. The number of fused-ring (bicyclic) bond motifs is 1. The van der Waals surface area contributed by atoms with E-state index in [1.807, 2.05) is 0 Å². The van der Waals surface area contributed by atoms with Crippen LogP contribution in [-0.2, 0) is 6.42 Å². The summed E-state index contributed by atoms with van der Waals surface area (Å²) in [6.45, 7) is 7.21. The molecule has 0 amide bonds. The highest BCUT2D eigenvalue weighted by Crippen LogP contribution is 2.30. The molecule has 2 N–H and O–H groups in total. The second-order valence-electron chi connectivity index (χ2n) is 4.47. The van der Waals surface area contributed by atoms with Crippen molar-refractivity contribution in [1.82, 2.24) is 10.3 Å². The summed E-state index contributed by atoms with van der Waals surface area (Å²) in [5.41, 5.74) is 3.51. The minimum atomic E-state index is 0.503. The first-order chi connectivity index (χ1) is 8.26. The van der Waals surface area contributed by atoms with Gasteiger partial charge >= 0.3 is 0 Å². The van der Waals surface area contributed by atoms with Gasteiger partial charge in [-0.1, -0.05) is 6.92 Å². The molecule has 1 aliphatic rings. The third kappa shape index (κ3) is 2.52. The van der Waals surface area contributed by atoms with E-state index in [1.165, 1.54) is 11.3 Å². The second kappa shape index (κ2) is 5.36. The molecule has 1 aromatic heterocycles. The third-order valence-corrected chi connectivity index (χ3v) is 3.18. The molecule has 0 spiro atoms. The molecule has 2 heterocycles. The van der Waals surface area contributed by atoms with Crippen molar-refractivity contribution in [3.8, 4) is 5.88 Å². The summed E-state index contributed by atoms with van der Waals surface area (Å²) in [5.74, 6) is 1.21. The minimum absolute atomic E-state index is 0.503. The van der Waals surface area contributed by atoms with Crippen LogP contribution in [0.1, 0.15) is 31.0 Å². The number of pyridine rings is 1. The normalized spacial score (nSPS) is 19.4. The predicted octanol–water partition coefficient (Wildman–Crippen LogP) is 1.77. The largest absolute Gasteiger partial charge is 0.480 e. The lowest BCUT2D eigenvalue weighted by Gasteiger charge is -2.16. The Labute approximate surface area is 103 Å². The van der Waals surface area contributed by atoms with E-state index in [4.69, 9.17) is 4.74 Å². The molecular weight excluding hydrogens is 214 g/mol. The van der Waals surface area contributed by atoms with Crippen LogP contribution in [0.4, 0.5) is 5.69 Å². The Bertz CT molecular complexity index is 392. The average Bonchev–Trinajstić information content (AvgIpc) is 2.51. The van der Waals surface area contributed by atoms with Gasteiger partial charge in [-0.3, -0.25) is 0 Å². The smallest absolute Gasteiger partial charge is 0.237 e. The fourth-order valence-electron chi connectivity index (χ4n) is 2.28. The molecular formula is C13H21N3O. The van der Waals surface area contributed by atoms with Crippen LogP contribution in [0.15, 0.2) is 6.07 Å². The van der Waals surface area contributed by atoms with Gasteiger partial charge in [0.1, 0.15) is 0 Å². The van der Waals surface area contributed by atoms with Crippen molar-refractivity contribution in [2.24, 2.45) is 0 Å². The van der Waals surface area contributed by atoms with Gasteiger partial charge in [-0.2, -0.15) is 0 Å². The van der Waals surface area contributed by atoms with E-state index in [0.29, 0.717) is 11.8 Å². The Balaban J connectivity index is 2.43. The standard InChI is InChI=1S/C13H21N3O/c1-4-15-12-7-10-9(2)8-14-6-5-11(10)16-13(12)17-3/h7,9,14-15H,4-6,8H2,1-3H3/t9-/m0/s1. The first-order valence-corrected chi connectivity index (χ1v) is 6.28. The van der Waals surface area contributed by atoms with Crippen molar-refractivity contribution >= 4 is 5.69 Å². The Hall–Kier alpha value is -1.29. The van der Waals surface area contributed by atoms with Crippen LogP contribution in [0.25, 0.3) is 0 Å². The van der Waals surface area contributed by atoms with Crippen LogP contribution >= 0.6 is 0 Å². The summed E-state index contributed by atoms with van der Waals surface area (Å²) in [4.78, 5) is 4.64. The molecule has 0 saturated heterocycles. The molecule has 0 saturated carbocycles. The molecule has 0 aliphatic carbocycles. The monoisotopic (exact) mass is 235 g/mol. The lowest BCUT2D eigenvalue weighted by Crippen LogP contribution is -2.18. The minimum Gasteiger partial charge on any atom is -0.480 e. The number of methoxy groups -OCH3 is 1. The summed E-state index contributed by atoms with van der Waals surface area (Å²) in [7, 11) is 1.67. The van der Waals surface area contributed by atoms with Gasteiger partial charge < -0.3 is 15.4 Å². The highest BCUT2D eigenvalue weighted by Gasteiger charge is 2.18. The number of hydrogen-bond donors (Lipinski definition) is 2. The molecule has 1 aliphatic heterocycles. The van der Waals surface area contributed by atoms with Crippen molar-refractivity contribution in [2.75, 3.05) is 32.1 Å². The number of rotatable bonds is 3. The number of hydrogen-bond acceptors (Lipinski definition) is 4. The van der Waals surface area contributed by atoms with Crippen molar-refractivity contribution in [3.63, 3.8) is 0 Å². The fraction of sp³-hybridized carbons (Fsp3) is 0.615. The van der Waals surface area contributed by atoms with E-state index >= 15 is 0 Å². The third-order valence-electron chi connectivity index (χ3n) is 3.18. The van der Waals surface area contributed by atoms with Crippen LogP contribution in [0, 0.1) is 0 Å². The fourth-order valence-corrected chi connectivity index (χ4v) is 2.28. The van der Waals surface area contributed by atoms with Crippen molar-refractivity contribution < 1.29 is 4.74 Å². The zero-order chi connectivity index (χ0) is 12.3. The van der Waals surface area contributed by atoms with E-state index in [1.54, 1.807) is 7.11 Å². The lowest BCUT2D eigenvalue weighted by atomic mass is 9.99. The van der Waals surface area contributed by atoms with Gasteiger partial charge in [0.15, 0.2) is 0 Å². The predicted molar refractivity (Wildman–Crippen MR) is 69.9 cm³/mol. The van der Waals surface area contributed by atoms with Crippen molar-refractivity contribution in [1.29, 1.82) is 0 Å². The summed E-state index contributed by atoms with van der Waals surface area (Å²) in [5, 5.41) is 6.74. The molecule has 0 radical (unpaired) electrons. The van der Waals surface area contributed by atoms with E-state index < -0.39 is 0 Å². The van der Waals surface area contributed by atoms with Gasteiger partial charge in [0.05, 0.1) is 12.8 Å². The molecule has 0 bridgehead atoms. The van der Waals surface area contributed by atoms with Crippen LogP contribution in [0.2, 0.25) is 0 Å². The number of aromatic nitrogens is 1. The van der Waals surface area contributed by atoms with Gasteiger partial charge in [-0.05, 0) is 24.5 Å².